The standard InChI is InChI=1S/C6H7BrN2O/c7-5-2-1-3-8-6(5)4-9-10/h1-3,9-10H,4H2. The second kappa shape index (κ2) is 3.65. The summed E-state index contributed by atoms with van der Waals surface area (Å²) >= 11 is 3.28. The van der Waals surface area contributed by atoms with E-state index >= 15 is 0 Å². The molecule has 0 aliphatic heterocycles. The van der Waals surface area contributed by atoms with Crippen molar-refractivity contribution in [1.29, 1.82) is 0 Å². The number of pyridine rings is 1. The van der Waals surface area contributed by atoms with E-state index in [0.717, 1.165) is 10.2 Å². The summed E-state index contributed by atoms with van der Waals surface area (Å²) in [6, 6.07) is 3.70. The van der Waals surface area contributed by atoms with Crippen LogP contribution < -0.4 is 5.48 Å². The Morgan fingerprint density at radius 1 is 1.70 bits per heavy atom. The minimum absolute atomic E-state index is 0.363. The molecular weight excluding hydrogens is 196 g/mol. The Bertz CT molecular complexity index is 217. The lowest BCUT2D eigenvalue weighted by molar-refractivity contribution is 0.160. The third-order valence-corrected chi connectivity index (χ3v) is 1.80. The molecule has 0 saturated carbocycles. The van der Waals surface area contributed by atoms with Gasteiger partial charge >= 0.3 is 0 Å². The largest absolute Gasteiger partial charge is 0.316 e. The van der Waals surface area contributed by atoms with Gasteiger partial charge in [0.1, 0.15) is 0 Å². The summed E-state index contributed by atoms with van der Waals surface area (Å²) in [6.07, 6.45) is 1.68. The lowest BCUT2D eigenvalue weighted by Gasteiger charge is -1.98. The van der Waals surface area contributed by atoms with E-state index in [-0.39, 0.29) is 0 Å². The molecular formula is C6H7BrN2O. The van der Waals surface area contributed by atoms with E-state index in [0.29, 0.717) is 6.54 Å². The maximum atomic E-state index is 8.33. The fourth-order valence-corrected chi connectivity index (χ4v) is 1.02. The van der Waals surface area contributed by atoms with Crippen molar-refractivity contribution in [2.75, 3.05) is 0 Å². The minimum atomic E-state index is 0.363. The van der Waals surface area contributed by atoms with Crippen LogP contribution in [-0.2, 0) is 6.54 Å². The Morgan fingerprint density at radius 2 is 2.50 bits per heavy atom. The molecule has 0 saturated heterocycles. The van der Waals surface area contributed by atoms with E-state index in [1.54, 1.807) is 6.20 Å². The van der Waals surface area contributed by atoms with Gasteiger partial charge < -0.3 is 5.21 Å². The summed E-state index contributed by atoms with van der Waals surface area (Å²) < 4.78 is 0.900. The van der Waals surface area contributed by atoms with Gasteiger partial charge in [-0.05, 0) is 28.1 Å². The molecule has 0 aromatic carbocycles. The van der Waals surface area contributed by atoms with Crippen LogP contribution >= 0.6 is 15.9 Å². The third kappa shape index (κ3) is 1.76. The molecule has 54 valence electrons. The molecule has 1 rings (SSSR count). The Kier molecular flexibility index (Phi) is 2.80. The van der Waals surface area contributed by atoms with Crippen molar-refractivity contribution in [2.24, 2.45) is 0 Å². The predicted molar refractivity (Wildman–Crippen MR) is 40.6 cm³/mol. The zero-order valence-corrected chi connectivity index (χ0v) is 6.80. The van der Waals surface area contributed by atoms with Crippen LogP contribution in [0.4, 0.5) is 0 Å². The molecule has 1 aromatic heterocycles. The molecule has 4 heteroatoms. The Balaban J connectivity index is 2.81. The van der Waals surface area contributed by atoms with Crippen LogP contribution in [0.25, 0.3) is 0 Å². The van der Waals surface area contributed by atoms with Gasteiger partial charge in [0, 0.05) is 10.7 Å². The molecule has 10 heavy (non-hydrogen) atoms. The SMILES string of the molecule is ONCc1ncccc1Br. The van der Waals surface area contributed by atoms with E-state index < -0.39 is 0 Å². The number of aromatic nitrogens is 1. The van der Waals surface area contributed by atoms with Gasteiger partial charge in [-0.3, -0.25) is 4.98 Å². The lowest BCUT2D eigenvalue weighted by Crippen LogP contribution is -2.07. The highest BCUT2D eigenvalue weighted by molar-refractivity contribution is 9.10. The number of hydrogen-bond acceptors (Lipinski definition) is 3. The van der Waals surface area contributed by atoms with Crippen LogP contribution in [0.3, 0.4) is 0 Å². The summed E-state index contributed by atoms with van der Waals surface area (Å²) in [5, 5.41) is 8.33. The topological polar surface area (TPSA) is 45.1 Å². The highest BCUT2D eigenvalue weighted by atomic mass is 79.9. The van der Waals surface area contributed by atoms with E-state index in [9.17, 15) is 0 Å². The third-order valence-electron chi connectivity index (χ3n) is 1.08. The van der Waals surface area contributed by atoms with Gasteiger partial charge in [-0.15, -0.1) is 0 Å². The fourth-order valence-electron chi connectivity index (χ4n) is 0.623. The maximum absolute atomic E-state index is 8.33. The highest BCUT2D eigenvalue weighted by Crippen LogP contribution is 2.11. The molecule has 0 aliphatic rings. The van der Waals surface area contributed by atoms with Crippen LogP contribution in [0, 0.1) is 0 Å². The highest BCUT2D eigenvalue weighted by Gasteiger charge is 1.96. The van der Waals surface area contributed by atoms with Gasteiger partial charge in [0.25, 0.3) is 0 Å². The van der Waals surface area contributed by atoms with E-state index in [1.165, 1.54) is 0 Å². The van der Waals surface area contributed by atoms with Crippen molar-refractivity contribution >= 4 is 15.9 Å². The molecule has 0 atom stereocenters. The molecule has 1 heterocycles. The van der Waals surface area contributed by atoms with Gasteiger partial charge in [0.15, 0.2) is 0 Å². The van der Waals surface area contributed by atoms with E-state index in [1.807, 2.05) is 17.6 Å². The number of rotatable bonds is 2. The minimum Gasteiger partial charge on any atom is -0.316 e. The average molecular weight is 203 g/mol. The predicted octanol–water partition coefficient (Wildman–Crippen LogP) is 1.32. The zero-order valence-electron chi connectivity index (χ0n) is 5.21. The van der Waals surface area contributed by atoms with Crippen LogP contribution in [-0.4, -0.2) is 10.2 Å². The van der Waals surface area contributed by atoms with E-state index in [2.05, 4.69) is 20.9 Å². The quantitative estimate of drug-likeness (QED) is 0.712. The van der Waals surface area contributed by atoms with Crippen molar-refractivity contribution in [2.45, 2.75) is 6.54 Å². The number of halogens is 1. The monoisotopic (exact) mass is 202 g/mol. The number of hydroxylamine groups is 1. The molecule has 0 radical (unpaired) electrons. The summed E-state index contributed by atoms with van der Waals surface area (Å²) in [7, 11) is 0. The van der Waals surface area contributed by atoms with Crippen molar-refractivity contribution in [1.82, 2.24) is 10.5 Å². The molecule has 2 N–H and O–H groups in total. The van der Waals surface area contributed by atoms with Crippen LogP contribution in [0.1, 0.15) is 5.69 Å². The molecule has 0 spiro atoms. The molecule has 3 nitrogen and oxygen atoms in total. The van der Waals surface area contributed by atoms with Crippen molar-refractivity contribution in [3.63, 3.8) is 0 Å². The summed E-state index contributed by atoms with van der Waals surface area (Å²) in [6.45, 7) is 0.363. The maximum Gasteiger partial charge on any atom is 0.0707 e. The molecule has 0 fully saturated rings. The number of nitrogens with zero attached hydrogens (tertiary/aromatic N) is 1. The Morgan fingerprint density at radius 3 is 3.10 bits per heavy atom. The smallest absolute Gasteiger partial charge is 0.0707 e. The lowest BCUT2D eigenvalue weighted by atomic mass is 10.4. The molecule has 0 bridgehead atoms. The number of nitrogens with one attached hydrogen (secondary N) is 1. The molecule has 0 amide bonds. The molecule has 0 unspecified atom stereocenters. The van der Waals surface area contributed by atoms with Crippen molar-refractivity contribution in [3.05, 3.63) is 28.5 Å². The number of hydrogen-bond donors (Lipinski definition) is 2. The first-order valence-corrected chi connectivity index (χ1v) is 3.60. The fraction of sp³-hybridized carbons (Fsp3) is 0.167. The Labute approximate surface area is 67.2 Å². The molecule has 0 aliphatic carbocycles. The van der Waals surface area contributed by atoms with Gasteiger partial charge in [-0.2, -0.15) is 5.48 Å². The van der Waals surface area contributed by atoms with Crippen molar-refractivity contribution < 1.29 is 5.21 Å². The van der Waals surface area contributed by atoms with Crippen molar-refractivity contribution in [3.8, 4) is 0 Å². The summed E-state index contributed by atoms with van der Waals surface area (Å²) in [5.74, 6) is 0. The summed E-state index contributed by atoms with van der Waals surface area (Å²) in [4.78, 5) is 4.00. The van der Waals surface area contributed by atoms with Gasteiger partial charge in [-0.1, -0.05) is 0 Å². The second-order valence-corrected chi connectivity index (χ2v) is 2.62. The van der Waals surface area contributed by atoms with Gasteiger partial charge in [0.05, 0.1) is 12.2 Å². The zero-order chi connectivity index (χ0) is 7.40. The van der Waals surface area contributed by atoms with Crippen LogP contribution in [0.15, 0.2) is 22.8 Å². The van der Waals surface area contributed by atoms with Gasteiger partial charge in [-0.25, -0.2) is 0 Å². The molecule has 1 aromatic rings. The van der Waals surface area contributed by atoms with E-state index in [4.69, 9.17) is 5.21 Å². The first kappa shape index (κ1) is 7.65. The first-order valence-electron chi connectivity index (χ1n) is 2.81. The second-order valence-electron chi connectivity index (χ2n) is 1.77. The van der Waals surface area contributed by atoms with Crippen LogP contribution in [0.5, 0.6) is 0 Å². The normalized spacial score (nSPS) is 9.80. The van der Waals surface area contributed by atoms with Crippen LogP contribution in [0.2, 0.25) is 0 Å². The Hall–Kier alpha value is -0.450. The average Bonchev–Trinajstić information content (AvgIpc) is 1.94. The van der Waals surface area contributed by atoms with Gasteiger partial charge in [0.2, 0.25) is 0 Å². The first-order chi connectivity index (χ1) is 4.84. The summed E-state index contributed by atoms with van der Waals surface area (Å²) in [5.41, 5.74) is 2.83.